The van der Waals surface area contributed by atoms with Crippen molar-refractivity contribution in [2.75, 3.05) is 0 Å². The molecular weight excluding hydrogens is 799 g/mol. The van der Waals surface area contributed by atoms with Gasteiger partial charge in [-0.1, -0.05) is 218 Å². The topological polar surface area (TPSA) is 38.7 Å². The maximum atomic E-state index is 5.27. The Kier molecular flexibility index (Phi) is 8.85. The summed E-state index contributed by atoms with van der Waals surface area (Å²) in [6.45, 7) is 0. The number of benzene rings is 12. The fraction of sp³-hybridized carbons (Fsp3) is 0. The molecule has 306 valence electrons. The van der Waals surface area contributed by atoms with Crippen LogP contribution in [0.3, 0.4) is 0 Å². The van der Waals surface area contributed by atoms with Gasteiger partial charge in [0, 0.05) is 22.1 Å². The van der Waals surface area contributed by atoms with Crippen molar-refractivity contribution < 1.29 is 0 Å². The number of aromatic nitrogens is 3. The summed E-state index contributed by atoms with van der Waals surface area (Å²) in [5.41, 5.74) is 9.81. The van der Waals surface area contributed by atoms with E-state index >= 15 is 0 Å². The van der Waals surface area contributed by atoms with Crippen molar-refractivity contribution in [3.05, 3.63) is 237 Å². The number of nitrogens with zero attached hydrogens (tertiary/aromatic N) is 3. The summed E-state index contributed by atoms with van der Waals surface area (Å²) in [6, 6.07) is 84.9. The number of hydrogen-bond donors (Lipinski definition) is 0. The Morgan fingerprint density at radius 3 is 0.985 bits per heavy atom. The van der Waals surface area contributed by atoms with Crippen molar-refractivity contribution >= 4 is 64.6 Å². The zero-order valence-corrected chi connectivity index (χ0v) is 35.9. The lowest BCUT2D eigenvalue weighted by Crippen LogP contribution is -2.01. The molecule has 0 aliphatic carbocycles. The maximum absolute atomic E-state index is 5.27. The minimum atomic E-state index is 0.639. The highest BCUT2D eigenvalue weighted by molar-refractivity contribution is 6.29. The average molecular weight is 838 g/mol. The lowest BCUT2D eigenvalue weighted by atomic mass is 9.88. The van der Waals surface area contributed by atoms with Gasteiger partial charge < -0.3 is 0 Å². The van der Waals surface area contributed by atoms with E-state index in [9.17, 15) is 0 Å². The Hall–Kier alpha value is -8.79. The largest absolute Gasteiger partial charge is 0.208 e. The molecule has 3 nitrogen and oxygen atoms in total. The minimum absolute atomic E-state index is 0.639. The van der Waals surface area contributed by atoms with Gasteiger partial charge >= 0.3 is 0 Å². The molecule has 13 rings (SSSR count). The molecule has 0 saturated heterocycles. The zero-order valence-electron chi connectivity index (χ0n) is 35.9. The molecule has 66 heavy (non-hydrogen) atoms. The first-order valence-corrected chi connectivity index (χ1v) is 22.5. The van der Waals surface area contributed by atoms with Crippen LogP contribution in [0.2, 0.25) is 0 Å². The van der Waals surface area contributed by atoms with E-state index < -0.39 is 0 Å². The molecule has 13 aromatic rings. The highest BCUT2D eigenvalue weighted by atomic mass is 15.0. The smallest absolute Gasteiger partial charge is 0.164 e. The molecule has 12 aromatic carbocycles. The van der Waals surface area contributed by atoms with Crippen LogP contribution in [0.5, 0.6) is 0 Å². The lowest BCUT2D eigenvalue weighted by Gasteiger charge is -2.17. The van der Waals surface area contributed by atoms with Crippen LogP contribution >= 0.6 is 0 Å². The highest BCUT2D eigenvalue weighted by Crippen LogP contribution is 2.43. The van der Waals surface area contributed by atoms with Crippen molar-refractivity contribution in [2.24, 2.45) is 0 Å². The molecule has 1 aromatic heterocycles. The van der Waals surface area contributed by atoms with Gasteiger partial charge in [0.2, 0.25) is 0 Å². The van der Waals surface area contributed by atoms with Gasteiger partial charge in [-0.25, -0.2) is 15.0 Å². The number of rotatable bonds is 6. The summed E-state index contributed by atoms with van der Waals surface area (Å²) >= 11 is 0. The van der Waals surface area contributed by atoms with E-state index in [1.54, 1.807) is 0 Å². The Bertz CT molecular complexity index is 3920. The van der Waals surface area contributed by atoms with Gasteiger partial charge in [-0.05, 0) is 111 Å². The minimum Gasteiger partial charge on any atom is -0.208 e. The third kappa shape index (κ3) is 6.32. The Morgan fingerprint density at radius 1 is 0.182 bits per heavy atom. The predicted molar refractivity (Wildman–Crippen MR) is 277 cm³/mol. The fourth-order valence-electron chi connectivity index (χ4n) is 10.1. The second-order valence-electron chi connectivity index (χ2n) is 17.1. The molecule has 0 fully saturated rings. The Balaban J connectivity index is 0.931. The van der Waals surface area contributed by atoms with Crippen molar-refractivity contribution in [3.63, 3.8) is 0 Å². The first-order valence-electron chi connectivity index (χ1n) is 22.5. The summed E-state index contributed by atoms with van der Waals surface area (Å²) < 4.78 is 0. The summed E-state index contributed by atoms with van der Waals surface area (Å²) in [5.74, 6) is 1.92. The Morgan fingerprint density at radius 2 is 0.500 bits per heavy atom. The van der Waals surface area contributed by atoms with E-state index in [2.05, 4.69) is 200 Å². The third-order valence-corrected chi connectivity index (χ3v) is 13.3. The van der Waals surface area contributed by atoms with E-state index in [1.165, 1.54) is 70.6 Å². The standard InChI is InChI=1S/C63H39N3/c1-3-15-44(16-4-1)61-64-62(45-17-5-2-6-18-45)66-63(65-61)59-39-47(38-58-54-25-12-10-22-51(54)52-23-13-14-26-56(52)60(58)59)43-33-29-41(30-34-43)40-27-31-42(32-28-40)46-35-36-55-50-21-8-7-19-48(50)49-20-9-11-24-53(49)57(55)37-46/h1-39H. The fourth-order valence-corrected chi connectivity index (χ4v) is 10.1. The van der Waals surface area contributed by atoms with E-state index in [4.69, 9.17) is 15.0 Å². The normalized spacial score (nSPS) is 11.6. The van der Waals surface area contributed by atoms with Gasteiger partial charge in [0.25, 0.3) is 0 Å². The van der Waals surface area contributed by atoms with E-state index in [1.807, 2.05) is 36.4 Å². The van der Waals surface area contributed by atoms with Crippen LogP contribution in [0.4, 0.5) is 0 Å². The first-order chi connectivity index (χ1) is 32.7. The monoisotopic (exact) mass is 837 g/mol. The van der Waals surface area contributed by atoms with Crippen LogP contribution in [-0.4, -0.2) is 15.0 Å². The highest BCUT2D eigenvalue weighted by Gasteiger charge is 2.20. The zero-order chi connectivity index (χ0) is 43.6. The van der Waals surface area contributed by atoms with Gasteiger partial charge in [0.15, 0.2) is 17.5 Å². The lowest BCUT2D eigenvalue weighted by molar-refractivity contribution is 1.08. The van der Waals surface area contributed by atoms with E-state index in [0.717, 1.165) is 44.2 Å². The van der Waals surface area contributed by atoms with E-state index in [-0.39, 0.29) is 0 Å². The van der Waals surface area contributed by atoms with Gasteiger partial charge in [0.05, 0.1) is 0 Å². The molecule has 1 heterocycles. The number of hydrogen-bond acceptors (Lipinski definition) is 3. The molecule has 0 aliphatic heterocycles. The quantitative estimate of drug-likeness (QED) is 0.157. The number of fused-ring (bicyclic) bond motifs is 12. The summed E-state index contributed by atoms with van der Waals surface area (Å²) in [5, 5.41) is 14.8. The van der Waals surface area contributed by atoms with Crippen molar-refractivity contribution in [1.29, 1.82) is 0 Å². The molecule has 0 aliphatic rings. The third-order valence-electron chi connectivity index (χ3n) is 13.3. The SMILES string of the molecule is c1ccc(-c2nc(-c3ccccc3)nc(-c3cc(-c4ccc(-c5ccc(-c6ccc7c8ccccc8c8ccccc8c7c6)cc5)cc4)cc4c5ccccc5c5ccccc5c34)n2)cc1. The summed E-state index contributed by atoms with van der Waals surface area (Å²) in [6.07, 6.45) is 0. The molecule has 0 radical (unpaired) electrons. The van der Waals surface area contributed by atoms with Crippen LogP contribution in [-0.2, 0) is 0 Å². The van der Waals surface area contributed by atoms with Gasteiger partial charge in [-0.15, -0.1) is 0 Å². The molecule has 3 heteroatoms. The average Bonchev–Trinajstić information content (AvgIpc) is 3.41. The second-order valence-corrected chi connectivity index (χ2v) is 17.1. The second kappa shape index (κ2) is 15.5. The van der Waals surface area contributed by atoms with Crippen molar-refractivity contribution in [3.8, 4) is 67.5 Å². The molecule has 0 amide bonds. The molecule has 0 N–H and O–H groups in total. The molecule has 0 spiro atoms. The molecule has 0 unspecified atom stereocenters. The summed E-state index contributed by atoms with van der Waals surface area (Å²) in [4.78, 5) is 15.6. The molecule has 0 saturated carbocycles. The molecular formula is C63H39N3. The van der Waals surface area contributed by atoms with E-state index in [0.29, 0.717) is 17.5 Å². The molecule has 0 bridgehead atoms. The summed E-state index contributed by atoms with van der Waals surface area (Å²) in [7, 11) is 0. The Labute approximate surface area is 382 Å². The van der Waals surface area contributed by atoms with Crippen LogP contribution < -0.4 is 0 Å². The van der Waals surface area contributed by atoms with Crippen molar-refractivity contribution in [2.45, 2.75) is 0 Å². The van der Waals surface area contributed by atoms with Crippen molar-refractivity contribution in [1.82, 2.24) is 15.0 Å². The predicted octanol–water partition coefficient (Wildman–Crippen LogP) is 16.8. The van der Waals surface area contributed by atoms with Gasteiger partial charge in [-0.3, -0.25) is 0 Å². The maximum Gasteiger partial charge on any atom is 0.164 e. The van der Waals surface area contributed by atoms with Crippen LogP contribution in [0.15, 0.2) is 237 Å². The van der Waals surface area contributed by atoms with Crippen LogP contribution in [0, 0.1) is 0 Å². The van der Waals surface area contributed by atoms with Crippen LogP contribution in [0.1, 0.15) is 0 Å². The van der Waals surface area contributed by atoms with Crippen LogP contribution in [0.25, 0.3) is 132 Å². The molecule has 0 atom stereocenters. The first kappa shape index (κ1) is 37.7. The van der Waals surface area contributed by atoms with Gasteiger partial charge in [0.1, 0.15) is 0 Å². The van der Waals surface area contributed by atoms with Gasteiger partial charge in [-0.2, -0.15) is 0 Å².